The fraction of sp³-hybridized carbons (Fsp3) is 0.538. The van der Waals surface area contributed by atoms with Gasteiger partial charge in [-0.1, -0.05) is 0 Å². The van der Waals surface area contributed by atoms with E-state index < -0.39 is 0 Å². The van der Waals surface area contributed by atoms with Crippen LogP contribution in [0.5, 0.6) is 0 Å². The highest BCUT2D eigenvalue weighted by atomic mass is 32.1. The molecule has 2 heterocycles. The van der Waals surface area contributed by atoms with Gasteiger partial charge >= 0.3 is 0 Å². The van der Waals surface area contributed by atoms with Crippen molar-refractivity contribution in [3.05, 3.63) is 27.5 Å². The molecule has 5 heteroatoms. The maximum absolute atomic E-state index is 4.56. The molecule has 0 aromatic carbocycles. The van der Waals surface area contributed by atoms with Crippen LogP contribution in [0.15, 0.2) is 5.38 Å². The average Bonchev–Trinajstić information content (AvgIpc) is 2.82. The van der Waals surface area contributed by atoms with Gasteiger partial charge in [0.15, 0.2) is 0 Å². The zero-order valence-corrected chi connectivity index (χ0v) is 12.4. The summed E-state index contributed by atoms with van der Waals surface area (Å²) >= 11 is 1.69. The lowest BCUT2D eigenvalue weighted by atomic mass is 10.3. The average molecular weight is 264 g/mol. The molecule has 0 fully saturated rings. The van der Waals surface area contributed by atoms with Crippen LogP contribution in [0, 0.1) is 20.8 Å². The van der Waals surface area contributed by atoms with Gasteiger partial charge in [0.05, 0.1) is 23.6 Å². The molecule has 4 nitrogen and oxygen atoms in total. The number of thiazole rings is 1. The Hall–Kier alpha value is -1.36. The minimum atomic E-state index is 0.390. The second-order valence-corrected chi connectivity index (χ2v) is 5.76. The molecular formula is C13H20N4S. The molecule has 0 amide bonds. The molecule has 0 aliphatic rings. The van der Waals surface area contributed by atoms with Crippen molar-refractivity contribution >= 4 is 17.0 Å². The van der Waals surface area contributed by atoms with Crippen LogP contribution >= 0.6 is 11.3 Å². The highest BCUT2D eigenvalue weighted by Crippen LogP contribution is 2.23. The number of hydrogen-bond acceptors (Lipinski definition) is 4. The maximum Gasteiger partial charge on any atom is 0.112 e. The van der Waals surface area contributed by atoms with Gasteiger partial charge < -0.3 is 5.32 Å². The van der Waals surface area contributed by atoms with Crippen LogP contribution in [-0.4, -0.2) is 14.8 Å². The largest absolute Gasteiger partial charge is 0.376 e. The van der Waals surface area contributed by atoms with Crippen molar-refractivity contribution < 1.29 is 0 Å². The highest BCUT2D eigenvalue weighted by molar-refractivity contribution is 7.09. The number of hydrogen-bond donors (Lipinski definition) is 1. The number of nitrogens with one attached hydrogen (secondary N) is 1. The SMILES string of the molecule is Cc1csc(CNc2c(C)nn(C(C)C)c2C)n1. The summed E-state index contributed by atoms with van der Waals surface area (Å²) in [6.07, 6.45) is 0. The minimum Gasteiger partial charge on any atom is -0.376 e. The molecule has 0 spiro atoms. The molecule has 2 aromatic heterocycles. The first-order valence-electron chi connectivity index (χ1n) is 6.19. The number of nitrogens with zero attached hydrogens (tertiary/aromatic N) is 3. The van der Waals surface area contributed by atoms with E-state index in [9.17, 15) is 0 Å². The van der Waals surface area contributed by atoms with Crippen molar-refractivity contribution in [2.24, 2.45) is 0 Å². The van der Waals surface area contributed by atoms with E-state index in [1.54, 1.807) is 11.3 Å². The van der Waals surface area contributed by atoms with Crippen LogP contribution in [0.4, 0.5) is 5.69 Å². The van der Waals surface area contributed by atoms with E-state index in [0.29, 0.717) is 6.04 Å². The zero-order valence-electron chi connectivity index (χ0n) is 11.6. The lowest BCUT2D eigenvalue weighted by molar-refractivity contribution is 0.516. The van der Waals surface area contributed by atoms with Gasteiger partial charge in [-0.15, -0.1) is 11.3 Å². The molecule has 0 aliphatic carbocycles. The van der Waals surface area contributed by atoms with E-state index >= 15 is 0 Å². The first-order chi connectivity index (χ1) is 8.49. The summed E-state index contributed by atoms with van der Waals surface area (Å²) in [5.74, 6) is 0. The molecule has 0 aliphatic heterocycles. The second kappa shape index (κ2) is 5.10. The Morgan fingerprint density at radius 2 is 2.06 bits per heavy atom. The Bertz CT molecular complexity index is 539. The van der Waals surface area contributed by atoms with Gasteiger partial charge in [-0.2, -0.15) is 5.10 Å². The molecule has 0 radical (unpaired) electrons. The molecule has 0 atom stereocenters. The summed E-state index contributed by atoms with van der Waals surface area (Å²) in [5, 5.41) is 11.2. The first-order valence-corrected chi connectivity index (χ1v) is 7.07. The number of aryl methyl sites for hydroxylation is 2. The lowest BCUT2D eigenvalue weighted by Crippen LogP contribution is -2.06. The first kappa shape index (κ1) is 13.1. The Morgan fingerprint density at radius 1 is 1.33 bits per heavy atom. The van der Waals surface area contributed by atoms with Crippen LogP contribution < -0.4 is 5.32 Å². The van der Waals surface area contributed by atoms with Gasteiger partial charge in [-0.3, -0.25) is 4.68 Å². The van der Waals surface area contributed by atoms with E-state index in [2.05, 4.69) is 46.2 Å². The quantitative estimate of drug-likeness (QED) is 0.919. The van der Waals surface area contributed by atoms with E-state index in [0.717, 1.165) is 28.6 Å². The Kier molecular flexibility index (Phi) is 3.71. The van der Waals surface area contributed by atoms with Crippen molar-refractivity contribution in [3.63, 3.8) is 0 Å². The molecule has 2 aromatic rings. The monoisotopic (exact) mass is 264 g/mol. The molecule has 1 N–H and O–H groups in total. The molecule has 0 saturated heterocycles. The van der Waals surface area contributed by atoms with Crippen molar-refractivity contribution in [2.45, 2.75) is 47.2 Å². The summed E-state index contributed by atoms with van der Waals surface area (Å²) in [4.78, 5) is 4.46. The summed E-state index contributed by atoms with van der Waals surface area (Å²) in [5.41, 5.74) is 4.46. The predicted octanol–water partition coefficient (Wildman–Crippen LogP) is 3.46. The molecule has 0 saturated carbocycles. The Morgan fingerprint density at radius 3 is 2.56 bits per heavy atom. The summed E-state index contributed by atoms with van der Waals surface area (Å²) < 4.78 is 2.06. The van der Waals surface area contributed by atoms with Crippen molar-refractivity contribution in [1.82, 2.24) is 14.8 Å². The summed E-state index contributed by atoms with van der Waals surface area (Å²) in [6.45, 7) is 11.2. The molecule has 0 bridgehead atoms. The van der Waals surface area contributed by atoms with E-state index in [-0.39, 0.29) is 0 Å². The highest BCUT2D eigenvalue weighted by Gasteiger charge is 2.13. The zero-order chi connectivity index (χ0) is 13.3. The van der Waals surface area contributed by atoms with Gasteiger partial charge in [0.2, 0.25) is 0 Å². The minimum absolute atomic E-state index is 0.390. The standard InChI is InChI=1S/C13H20N4S/c1-8(2)17-11(5)13(10(4)16-17)14-6-12-15-9(3)7-18-12/h7-8,14H,6H2,1-5H3. The van der Waals surface area contributed by atoms with Crippen LogP contribution in [0.1, 0.15) is 42.0 Å². The number of aromatic nitrogens is 3. The van der Waals surface area contributed by atoms with Gasteiger partial charge in [-0.05, 0) is 34.6 Å². The van der Waals surface area contributed by atoms with Crippen LogP contribution in [0.2, 0.25) is 0 Å². The van der Waals surface area contributed by atoms with Gasteiger partial charge in [0.1, 0.15) is 5.01 Å². The smallest absolute Gasteiger partial charge is 0.112 e. The molecule has 98 valence electrons. The topological polar surface area (TPSA) is 42.7 Å². The van der Waals surface area contributed by atoms with E-state index in [1.165, 1.54) is 5.69 Å². The second-order valence-electron chi connectivity index (χ2n) is 4.82. The van der Waals surface area contributed by atoms with Gasteiger partial charge in [0.25, 0.3) is 0 Å². The Balaban J connectivity index is 2.14. The molecule has 2 rings (SSSR count). The molecule has 18 heavy (non-hydrogen) atoms. The summed E-state index contributed by atoms with van der Waals surface area (Å²) in [6, 6.07) is 0.390. The van der Waals surface area contributed by atoms with Gasteiger partial charge in [-0.25, -0.2) is 4.98 Å². The van der Waals surface area contributed by atoms with Crippen LogP contribution in [0.3, 0.4) is 0 Å². The third-order valence-electron chi connectivity index (χ3n) is 2.90. The lowest BCUT2D eigenvalue weighted by Gasteiger charge is -2.09. The van der Waals surface area contributed by atoms with Crippen molar-refractivity contribution in [3.8, 4) is 0 Å². The summed E-state index contributed by atoms with van der Waals surface area (Å²) in [7, 11) is 0. The fourth-order valence-electron chi connectivity index (χ4n) is 2.07. The normalized spacial score (nSPS) is 11.2. The van der Waals surface area contributed by atoms with Crippen molar-refractivity contribution in [2.75, 3.05) is 5.32 Å². The fourth-order valence-corrected chi connectivity index (χ4v) is 2.78. The van der Waals surface area contributed by atoms with Crippen LogP contribution in [-0.2, 0) is 6.54 Å². The molecular weight excluding hydrogens is 244 g/mol. The number of rotatable bonds is 4. The predicted molar refractivity (Wildman–Crippen MR) is 76.3 cm³/mol. The molecule has 0 unspecified atom stereocenters. The third kappa shape index (κ3) is 2.56. The van der Waals surface area contributed by atoms with Crippen molar-refractivity contribution in [1.29, 1.82) is 0 Å². The van der Waals surface area contributed by atoms with Crippen LogP contribution in [0.25, 0.3) is 0 Å². The van der Waals surface area contributed by atoms with Gasteiger partial charge in [0, 0.05) is 17.1 Å². The third-order valence-corrected chi connectivity index (χ3v) is 3.86. The number of anilines is 1. The van der Waals surface area contributed by atoms with E-state index in [4.69, 9.17) is 0 Å². The maximum atomic E-state index is 4.56. The Labute approximate surface area is 112 Å². The van der Waals surface area contributed by atoms with E-state index in [1.807, 2.05) is 13.8 Å².